The summed E-state index contributed by atoms with van der Waals surface area (Å²) in [6.45, 7) is 1.69. The lowest BCUT2D eigenvalue weighted by molar-refractivity contribution is -0.384. The Labute approximate surface area is 152 Å². The minimum atomic E-state index is -0.446. The number of amides is 1. The number of aromatic nitrogens is 2. The standard InChI is InChI=1S/C18H23N5O3/c1-20(2)11-8-14-7-4-10-21(14)18(24)17-9-12-22(19-17)15-5-3-6-16(13-15)23(25)26/h3,5-6,9,12-14H,4,7-8,10-11H2,1-2H3/t14-/m0/s1. The second kappa shape index (κ2) is 7.65. The Balaban J connectivity index is 1.75. The zero-order valence-corrected chi connectivity index (χ0v) is 15.0. The predicted molar refractivity (Wildman–Crippen MR) is 97.4 cm³/mol. The number of carbonyl (C=O) groups excluding carboxylic acids is 1. The summed E-state index contributed by atoms with van der Waals surface area (Å²) in [5.41, 5.74) is 0.922. The molecule has 1 aliphatic heterocycles. The van der Waals surface area contributed by atoms with Gasteiger partial charge in [-0.25, -0.2) is 4.68 Å². The van der Waals surface area contributed by atoms with Crippen molar-refractivity contribution in [1.29, 1.82) is 0 Å². The van der Waals surface area contributed by atoms with Crippen LogP contribution in [0.2, 0.25) is 0 Å². The number of hydrogen-bond acceptors (Lipinski definition) is 5. The van der Waals surface area contributed by atoms with Gasteiger partial charge in [0.2, 0.25) is 0 Å². The summed E-state index contributed by atoms with van der Waals surface area (Å²) in [6, 6.07) is 8.11. The summed E-state index contributed by atoms with van der Waals surface area (Å²) in [7, 11) is 4.06. The molecule has 8 heteroatoms. The third-order valence-corrected chi connectivity index (χ3v) is 4.66. The van der Waals surface area contributed by atoms with Gasteiger partial charge in [-0.05, 0) is 52.0 Å². The Kier molecular flexibility index (Phi) is 5.32. The average molecular weight is 357 g/mol. The lowest BCUT2D eigenvalue weighted by Crippen LogP contribution is -2.37. The summed E-state index contributed by atoms with van der Waals surface area (Å²) in [6.07, 6.45) is 4.64. The molecule has 2 aromatic rings. The second-order valence-electron chi connectivity index (χ2n) is 6.81. The third-order valence-electron chi connectivity index (χ3n) is 4.66. The van der Waals surface area contributed by atoms with Crippen LogP contribution in [0.5, 0.6) is 0 Å². The van der Waals surface area contributed by atoms with E-state index < -0.39 is 4.92 Å². The molecule has 0 saturated carbocycles. The molecule has 0 aliphatic carbocycles. The first kappa shape index (κ1) is 18.1. The van der Waals surface area contributed by atoms with Crippen molar-refractivity contribution in [3.63, 3.8) is 0 Å². The fourth-order valence-corrected chi connectivity index (χ4v) is 3.29. The molecule has 26 heavy (non-hydrogen) atoms. The zero-order chi connectivity index (χ0) is 18.7. The number of benzene rings is 1. The number of nitro benzene ring substituents is 1. The van der Waals surface area contributed by atoms with Gasteiger partial charge in [-0.2, -0.15) is 5.10 Å². The van der Waals surface area contributed by atoms with E-state index in [1.807, 2.05) is 19.0 Å². The predicted octanol–water partition coefficient (Wildman–Crippen LogP) is 2.34. The summed E-state index contributed by atoms with van der Waals surface area (Å²) in [5, 5.41) is 15.3. The van der Waals surface area contributed by atoms with Crippen molar-refractivity contribution in [2.24, 2.45) is 0 Å². The van der Waals surface area contributed by atoms with Crippen molar-refractivity contribution in [1.82, 2.24) is 19.6 Å². The largest absolute Gasteiger partial charge is 0.334 e. The molecule has 8 nitrogen and oxygen atoms in total. The van der Waals surface area contributed by atoms with Gasteiger partial charge in [-0.1, -0.05) is 6.07 Å². The van der Waals surface area contributed by atoms with Crippen molar-refractivity contribution < 1.29 is 9.72 Å². The Morgan fingerprint density at radius 3 is 2.92 bits per heavy atom. The van der Waals surface area contributed by atoms with Gasteiger partial charge in [0.05, 0.1) is 10.6 Å². The average Bonchev–Trinajstić information content (AvgIpc) is 3.29. The van der Waals surface area contributed by atoms with Gasteiger partial charge in [0.15, 0.2) is 5.69 Å². The summed E-state index contributed by atoms with van der Waals surface area (Å²) in [5.74, 6) is -0.0737. The fraction of sp³-hybridized carbons (Fsp3) is 0.444. The number of nitrogens with zero attached hydrogens (tertiary/aromatic N) is 5. The number of carbonyl (C=O) groups is 1. The molecule has 2 heterocycles. The van der Waals surface area contributed by atoms with E-state index in [4.69, 9.17) is 0 Å². The molecule has 1 aliphatic rings. The number of rotatable bonds is 6. The maximum Gasteiger partial charge on any atom is 0.274 e. The number of nitro groups is 1. The van der Waals surface area contributed by atoms with Crippen LogP contribution in [0.4, 0.5) is 5.69 Å². The lowest BCUT2D eigenvalue weighted by Gasteiger charge is -2.25. The van der Waals surface area contributed by atoms with Crippen molar-refractivity contribution in [2.75, 3.05) is 27.2 Å². The van der Waals surface area contributed by atoms with E-state index in [9.17, 15) is 14.9 Å². The quantitative estimate of drug-likeness (QED) is 0.585. The molecule has 1 saturated heterocycles. The maximum atomic E-state index is 12.9. The molecule has 3 rings (SSSR count). The topological polar surface area (TPSA) is 84.5 Å². The first-order valence-electron chi connectivity index (χ1n) is 8.72. The van der Waals surface area contributed by atoms with Crippen LogP contribution in [-0.2, 0) is 0 Å². The molecule has 0 unspecified atom stereocenters. The Hall–Kier alpha value is -2.74. The zero-order valence-electron chi connectivity index (χ0n) is 15.0. The van der Waals surface area contributed by atoms with Crippen LogP contribution in [-0.4, -0.2) is 63.6 Å². The van der Waals surface area contributed by atoms with E-state index in [0.29, 0.717) is 11.4 Å². The minimum absolute atomic E-state index is 0.00540. The fourth-order valence-electron chi connectivity index (χ4n) is 3.29. The number of likely N-dealkylation sites (tertiary alicyclic amines) is 1. The van der Waals surface area contributed by atoms with Gasteiger partial charge in [-0.15, -0.1) is 0 Å². The van der Waals surface area contributed by atoms with Crippen molar-refractivity contribution in [3.8, 4) is 5.69 Å². The van der Waals surface area contributed by atoms with Crippen LogP contribution in [0, 0.1) is 10.1 Å². The van der Waals surface area contributed by atoms with Crippen LogP contribution < -0.4 is 0 Å². The SMILES string of the molecule is CN(C)CC[C@@H]1CCCN1C(=O)c1ccn(-c2cccc([N+](=O)[O-])c2)n1. The van der Waals surface area contributed by atoms with E-state index in [1.165, 1.54) is 16.8 Å². The van der Waals surface area contributed by atoms with Crippen LogP contribution >= 0.6 is 0 Å². The highest BCUT2D eigenvalue weighted by Crippen LogP contribution is 2.23. The Bertz CT molecular complexity index is 802. The minimum Gasteiger partial charge on any atom is -0.334 e. The summed E-state index contributed by atoms with van der Waals surface area (Å²) >= 11 is 0. The molecule has 1 aromatic heterocycles. The van der Waals surface area contributed by atoms with Crippen molar-refractivity contribution in [3.05, 3.63) is 52.3 Å². The molecular formula is C18H23N5O3. The second-order valence-corrected chi connectivity index (χ2v) is 6.81. The van der Waals surface area contributed by atoms with E-state index in [0.717, 1.165) is 32.4 Å². The highest BCUT2D eigenvalue weighted by atomic mass is 16.6. The van der Waals surface area contributed by atoms with Gasteiger partial charge in [0.1, 0.15) is 0 Å². The molecule has 1 atom stereocenters. The number of hydrogen-bond donors (Lipinski definition) is 0. The van der Waals surface area contributed by atoms with Crippen LogP contribution in [0.15, 0.2) is 36.5 Å². The monoisotopic (exact) mass is 357 g/mol. The third kappa shape index (κ3) is 3.91. The smallest absolute Gasteiger partial charge is 0.274 e. The molecule has 0 radical (unpaired) electrons. The van der Waals surface area contributed by atoms with Crippen LogP contribution in [0.1, 0.15) is 29.8 Å². The molecule has 1 fully saturated rings. The van der Waals surface area contributed by atoms with Crippen LogP contribution in [0.3, 0.4) is 0 Å². The Morgan fingerprint density at radius 2 is 2.19 bits per heavy atom. The highest BCUT2D eigenvalue weighted by Gasteiger charge is 2.30. The van der Waals surface area contributed by atoms with Crippen LogP contribution in [0.25, 0.3) is 5.69 Å². The maximum absolute atomic E-state index is 12.9. The lowest BCUT2D eigenvalue weighted by atomic mass is 10.1. The summed E-state index contributed by atoms with van der Waals surface area (Å²) < 4.78 is 1.51. The number of non-ortho nitro benzene ring substituents is 1. The van der Waals surface area contributed by atoms with Crippen molar-refractivity contribution in [2.45, 2.75) is 25.3 Å². The first-order valence-corrected chi connectivity index (χ1v) is 8.72. The van der Waals surface area contributed by atoms with Gasteiger partial charge in [0.25, 0.3) is 11.6 Å². The van der Waals surface area contributed by atoms with E-state index in [2.05, 4.69) is 10.00 Å². The first-order chi connectivity index (χ1) is 12.5. The van der Waals surface area contributed by atoms with E-state index >= 15 is 0 Å². The highest BCUT2D eigenvalue weighted by molar-refractivity contribution is 5.92. The van der Waals surface area contributed by atoms with Gasteiger partial charge in [0, 0.05) is 30.9 Å². The van der Waals surface area contributed by atoms with Gasteiger partial charge in [-0.3, -0.25) is 14.9 Å². The Morgan fingerprint density at radius 1 is 1.38 bits per heavy atom. The van der Waals surface area contributed by atoms with E-state index in [-0.39, 0.29) is 17.6 Å². The molecule has 1 aromatic carbocycles. The molecule has 0 bridgehead atoms. The molecule has 0 spiro atoms. The molecular weight excluding hydrogens is 334 g/mol. The van der Waals surface area contributed by atoms with Gasteiger partial charge >= 0.3 is 0 Å². The normalized spacial score (nSPS) is 17.0. The molecule has 1 amide bonds. The van der Waals surface area contributed by atoms with E-state index in [1.54, 1.807) is 24.4 Å². The molecule has 138 valence electrons. The van der Waals surface area contributed by atoms with Gasteiger partial charge < -0.3 is 9.80 Å². The molecule has 0 N–H and O–H groups in total. The summed E-state index contributed by atoms with van der Waals surface area (Å²) in [4.78, 5) is 27.4. The van der Waals surface area contributed by atoms with Crippen molar-refractivity contribution >= 4 is 11.6 Å².